The molecule has 3 heteroatoms. The number of piperidine rings is 1. The van der Waals surface area contributed by atoms with Crippen molar-refractivity contribution in [1.82, 2.24) is 4.90 Å². The molecule has 96 valence electrons. The van der Waals surface area contributed by atoms with Crippen molar-refractivity contribution in [1.29, 1.82) is 5.26 Å². The van der Waals surface area contributed by atoms with Crippen LogP contribution in [0.25, 0.3) is 0 Å². The second-order valence-electron chi connectivity index (χ2n) is 5.11. The van der Waals surface area contributed by atoms with E-state index in [-0.39, 0.29) is 6.10 Å². The molecule has 1 aliphatic rings. The summed E-state index contributed by atoms with van der Waals surface area (Å²) in [6.07, 6.45) is 2.52. The zero-order valence-electron chi connectivity index (χ0n) is 11.1. The summed E-state index contributed by atoms with van der Waals surface area (Å²) in [5, 5.41) is 8.87. The summed E-state index contributed by atoms with van der Waals surface area (Å²) in [4.78, 5) is 2.45. The molecule has 0 spiro atoms. The molecule has 1 aromatic rings. The van der Waals surface area contributed by atoms with Crippen molar-refractivity contribution in [3.05, 3.63) is 29.8 Å². The van der Waals surface area contributed by atoms with Crippen LogP contribution in [0.15, 0.2) is 24.3 Å². The topological polar surface area (TPSA) is 36.3 Å². The van der Waals surface area contributed by atoms with Crippen LogP contribution in [0.5, 0.6) is 5.75 Å². The SMILES string of the molecule is CC(C)N1CCCC(Oc2cccc(C#N)c2)C1. The predicted octanol–water partition coefficient (Wildman–Crippen LogP) is 2.81. The Morgan fingerprint density at radius 2 is 2.28 bits per heavy atom. The summed E-state index contributed by atoms with van der Waals surface area (Å²) in [5.74, 6) is 0.810. The Kier molecular flexibility index (Phi) is 4.22. The fourth-order valence-electron chi connectivity index (χ4n) is 2.36. The number of benzene rings is 1. The summed E-state index contributed by atoms with van der Waals surface area (Å²) in [5.41, 5.74) is 0.657. The highest BCUT2D eigenvalue weighted by atomic mass is 16.5. The fourth-order valence-corrected chi connectivity index (χ4v) is 2.36. The second-order valence-corrected chi connectivity index (χ2v) is 5.11. The van der Waals surface area contributed by atoms with Gasteiger partial charge in [0, 0.05) is 12.6 Å². The second kappa shape index (κ2) is 5.88. The van der Waals surface area contributed by atoms with Crippen LogP contribution in [-0.2, 0) is 0 Å². The van der Waals surface area contributed by atoms with Gasteiger partial charge in [0.05, 0.1) is 11.6 Å². The molecule has 0 aromatic heterocycles. The van der Waals surface area contributed by atoms with Crippen molar-refractivity contribution in [3.8, 4) is 11.8 Å². The Balaban J connectivity index is 1.98. The molecule has 0 bridgehead atoms. The number of likely N-dealkylation sites (tertiary alicyclic amines) is 1. The molecule has 1 heterocycles. The number of rotatable bonds is 3. The molecule has 1 aliphatic heterocycles. The lowest BCUT2D eigenvalue weighted by atomic mass is 10.1. The van der Waals surface area contributed by atoms with Crippen LogP contribution >= 0.6 is 0 Å². The third kappa shape index (κ3) is 3.24. The maximum absolute atomic E-state index is 8.87. The molecule has 0 amide bonds. The van der Waals surface area contributed by atoms with E-state index in [1.54, 1.807) is 6.07 Å². The molecule has 1 saturated heterocycles. The number of nitriles is 1. The Morgan fingerprint density at radius 3 is 3.00 bits per heavy atom. The molecule has 1 atom stereocenters. The first-order valence-electron chi connectivity index (χ1n) is 6.60. The van der Waals surface area contributed by atoms with Gasteiger partial charge in [-0.25, -0.2) is 0 Å². The van der Waals surface area contributed by atoms with Crippen LogP contribution in [0, 0.1) is 11.3 Å². The van der Waals surface area contributed by atoms with Crippen LogP contribution in [0.4, 0.5) is 0 Å². The van der Waals surface area contributed by atoms with E-state index < -0.39 is 0 Å². The van der Waals surface area contributed by atoms with Crippen molar-refractivity contribution < 1.29 is 4.74 Å². The van der Waals surface area contributed by atoms with Crippen LogP contribution in [-0.4, -0.2) is 30.1 Å². The van der Waals surface area contributed by atoms with Gasteiger partial charge < -0.3 is 4.74 Å². The predicted molar refractivity (Wildman–Crippen MR) is 71.5 cm³/mol. The Hall–Kier alpha value is -1.53. The summed E-state index contributed by atoms with van der Waals surface area (Å²) in [6, 6.07) is 10.1. The molecule has 1 aromatic carbocycles. The van der Waals surface area contributed by atoms with E-state index in [2.05, 4.69) is 24.8 Å². The highest BCUT2D eigenvalue weighted by Gasteiger charge is 2.22. The van der Waals surface area contributed by atoms with Crippen LogP contribution in [0.2, 0.25) is 0 Å². The molecule has 1 unspecified atom stereocenters. The highest BCUT2D eigenvalue weighted by molar-refractivity contribution is 5.36. The van der Waals surface area contributed by atoms with E-state index in [9.17, 15) is 0 Å². The normalized spacial score (nSPS) is 20.7. The average Bonchev–Trinajstić information content (AvgIpc) is 2.39. The summed E-state index contributed by atoms with van der Waals surface area (Å²) < 4.78 is 5.99. The van der Waals surface area contributed by atoms with Gasteiger partial charge in [-0.1, -0.05) is 6.07 Å². The molecular weight excluding hydrogens is 224 g/mol. The molecule has 0 saturated carbocycles. The minimum absolute atomic E-state index is 0.245. The lowest BCUT2D eigenvalue weighted by Gasteiger charge is -2.35. The molecule has 3 nitrogen and oxygen atoms in total. The first-order chi connectivity index (χ1) is 8.69. The smallest absolute Gasteiger partial charge is 0.121 e. The van der Waals surface area contributed by atoms with Crippen molar-refractivity contribution >= 4 is 0 Å². The van der Waals surface area contributed by atoms with E-state index in [0.717, 1.165) is 25.3 Å². The highest BCUT2D eigenvalue weighted by Crippen LogP contribution is 2.20. The van der Waals surface area contributed by atoms with Gasteiger partial charge in [0.2, 0.25) is 0 Å². The standard InChI is InChI=1S/C15H20N2O/c1-12(2)17-8-4-7-15(11-17)18-14-6-3-5-13(9-14)10-16/h3,5-6,9,12,15H,4,7-8,11H2,1-2H3. The van der Waals surface area contributed by atoms with Gasteiger partial charge in [0.15, 0.2) is 0 Å². The van der Waals surface area contributed by atoms with Crippen molar-refractivity contribution in [2.24, 2.45) is 0 Å². The number of hydrogen-bond donors (Lipinski definition) is 0. The zero-order valence-corrected chi connectivity index (χ0v) is 11.1. The zero-order chi connectivity index (χ0) is 13.0. The molecular formula is C15H20N2O. The van der Waals surface area contributed by atoms with Crippen LogP contribution in [0.1, 0.15) is 32.3 Å². The van der Waals surface area contributed by atoms with Crippen LogP contribution < -0.4 is 4.74 Å². The number of nitrogens with zero attached hydrogens (tertiary/aromatic N) is 2. The first kappa shape index (κ1) is 12.9. The lowest BCUT2D eigenvalue weighted by molar-refractivity contribution is 0.0706. The third-order valence-corrected chi connectivity index (χ3v) is 3.41. The van der Waals surface area contributed by atoms with Gasteiger partial charge in [0.25, 0.3) is 0 Å². The van der Waals surface area contributed by atoms with E-state index in [1.807, 2.05) is 18.2 Å². The van der Waals surface area contributed by atoms with E-state index in [0.29, 0.717) is 11.6 Å². The largest absolute Gasteiger partial charge is 0.489 e. The van der Waals surface area contributed by atoms with E-state index in [4.69, 9.17) is 10.00 Å². The summed E-state index contributed by atoms with van der Waals surface area (Å²) in [6.45, 7) is 6.58. The Bertz CT molecular complexity index is 436. The number of ether oxygens (including phenoxy) is 1. The first-order valence-corrected chi connectivity index (χ1v) is 6.60. The number of hydrogen-bond acceptors (Lipinski definition) is 3. The quantitative estimate of drug-likeness (QED) is 0.820. The van der Waals surface area contributed by atoms with E-state index in [1.165, 1.54) is 6.42 Å². The van der Waals surface area contributed by atoms with E-state index >= 15 is 0 Å². The lowest BCUT2D eigenvalue weighted by Crippen LogP contribution is -2.44. The van der Waals surface area contributed by atoms with Crippen molar-refractivity contribution in [2.45, 2.75) is 38.8 Å². The summed E-state index contributed by atoms with van der Waals surface area (Å²) in [7, 11) is 0. The summed E-state index contributed by atoms with van der Waals surface area (Å²) >= 11 is 0. The molecule has 18 heavy (non-hydrogen) atoms. The molecule has 2 rings (SSSR count). The third-order valence-electron chi connectivity index (χ3n) is 3.41. The van der Waals surface area contributed by atoms with Gasteiger partial charge in [0.1, 0.15) is 11.9 Å². The van der Waals surface area contributed by atoms with Crippen molar-refractivity contribution in [2.75, 3.05) is 13.1 Å². The molecule has 0 aliphatic carbocycles. The Labute approximate surface area is 109 Å². The molecule has 1 fully saturated rings. The fraction of sp³-hybridized carbons (Fsp3) is 0.533. The minimum atomic E-state index is 0.245. The monoisotopic (exact) mass is 244 g/mol. The van der Waals surface area contributed by atoms with Gasteiger partial charge in [-0.2, -0.15) is 5.26 Å². The maximum atomic E-state index is 8.87. The van der Waals surface area contributed by atoms with Crippen molar-refractivity contribution in [3.63, 3.8) is 0 Å². The van der Waals surface area contributed by atoms with Gasteiger partial charge in [-0.15, -0.1) is 0 Å². The molecule has 0 radical (unpaired) electrons. The molecule has 0 N–H and O–H groups in total. The van der Waals surface area contributed by atoms with Crippen LogP contribution in [0.3, 0.4) is 0 Å². The average molecular weight is 244 g/mol. The van der Waals surface area contributed by atoms with Gasteiger partial charge in [-0.05, 0) is 51.4 Å². The minimum Gasteiger partial charge on any atom is -0.489 e. The Morgan fingerprint density at radius 1 is 1.44 bits per heavy atom. The maximum Gasteiger partial charge on any atom is 0.121 e. The van der Waals surface area contributed by atoms with Gasteiger partial charge >= 0.3 is 0 Å². The van der Waals surface area contributed by atoms with Gasteiger partial charge in [-0.3, -0.25) is 4.90 Å².